The molecule has 144 valence electrons. The van der Waals surface area contributed by atoms with Crippen LogP contribution in [0.5, 0.6) is 0 Å². The topological polar surface area (TPSA) is 55.2 Å². The lowest BCUT2D eigenvalue weighted by Gasteiger charge is -2.35. The van der Waals surface area contributed by atoms with E-state index >= 15 is 0 Å². The first-order valence-corrected chi connectivity index (χ1v) is 9.84. The lowest BCUT2D eigenvalue weighted by Crippen LogP contribution is -2.44. The SMILES string of the molecule is C[C@@H]1C[C@H](C)CN(C(=O)c2cc3cccnc3n(Cc3ccccc3)c2=O)C1. The first kappa shape index (κ1) is 18.4. The van der Waals surface area contributed by atoms with Crippen molar-refractivity contribution in [3.8, 4) is 0 Å². The molecule has 4 rings (SSSR count). The van der Waals surface area contributed by atoms with Crippen LogP contribution in [0.1, 0.15) is 36.2 Å². The fraction of sp³-hybridized carbons (Fsp3) is 0.348. The third-order valence-corrected chi connectivity index (χ3v) is 5.42. The number of hydrogen-bond acceptors (Lipinski definition) is 3. The lowest BCUT2D eigenvalue weighted by molar-refractivity contribution is 0.0621. The van der Waals surface area contributed by atoms with E-state index in [1.54, 1.807) is 16.8 Å². The van der Waals surface area contributed by atoms with Gasteiger partial charge in [-0.05, 0) is 42.0 Å². The summed E-state index contributed by atoms with van der Waals surface area (Å²) >= 11 is 0. The highest BCUT2D eigenvalue weighted by Gasteiger charge is 2.28. The number of carbonyl (C=O) groups excluding carboxylic acids is 1. The summed E-state index contributed by atoms with van der Waals surface area (Å²) in [5, 5.41) is 0.805. The molecule has 5 heteroatoms. The molecule has 5 nitrogen and oxygen atoms in total. The number of benzene rings is 1. The predicted molar refractivity (Wildman–Crippen MR) is 110 cm³/mol. The number of nitrogens with zero attached hydrogens (tertiary/aromatic N) is 3. The molecule has 0 spiro atoms. The molecule has 2 atom stereocenters. The number of likely N-dealkylation sites (tertiary alicyclic amines) is 1. The Bertz CT molecular complexity index is 1050. The molecule has 0 saturated carbocycles. The van der Waals surface area contributed by atoms with E-state index in [9.17, 15) is 9.59 Å². The van der Waals surface area contributed by atoms with Gasteiger partial charge in [-0.15, -0.1) is 0 Å². The number of hydrogen-bond donors (Lipinski definition) is 0. The minimum Gasteiger partial charge on any atom is -0.338 e. The second-order valence-corrected chi connectivity index (χ2v) is 8.01. The smallest absolute Gasteiger partial charge is 0.265 e. The Morgan fingerprint density at radius 1 is 1.07 bits per heavy atom. The van der Waals surface area contributed by atoms with Crippen molar-refractivity contribution in [3.63, 3.8) is 0 Å². The van der Waals surface area contributed by atoms with Gasteiger partial charge in [0.1, 0.15) is 11.2 Å². The van der Waals surface area contributed by atoms with Crippen LogP contribution in [0.25, 0.3) is 11.0 Å². The summed E-state index contributed by atoms with van der Waals surface area (Å²) in [5.74, 6) is 0.721. The summed E-state index contributed by atoms with van der Waals surface area (Å²) in [6.45, 7) is 6.11. The number of aromatic nitrogens is 2. The summed E-state index contributed by atoms with van der Waals surface area (Å²) < 4.78 is 1.62. The Balaban J connectivity index is 1.80. The van der Waals surface area contributed by atoms with Crippen molar-refractivity contribution in [1.29, 1.82) is 0 Å². The van der Waals surface area contributed by atoms with Crippen molar-refractivity contribution in [2.75, 3.05) is 13.1 Å². The number of pyridine rings is 2. The molecule has 28 heavy (non-hydrogen) atoms. The van der Waals surface area contributed by atoms with Crippen molar-refractivity contribution in [2.45, 2.75) is 26.8 Å². The van der Waals surface area contributed by atoms with E-state index in [0.717, 1.165) is 17.4 Å². The quantitative estimate of drug-likeness (QED) is 0.703. The van der Waals surface area contributed by atoms with Crippen LogP contribution in [0.15, 0.2) is 59.5 Å². The highest BCUT2D eigenvalue weighted by molar-refractivity contribution is 5.97. The van der Waals surface area contributed by atoms with E-state index in [1.807, 2.05) is 47.4 Å². The minimum atomic E-state index is -0.272. The molecule has 0 radical (unpaired) electrons. The van der Waals surface area contributed by atoms with Crippen LogP contribution < -0.4 is 5.56 Å². The second kappa shape index (κ2) is 7.58. The molecule has 1 fully saturated rings. The van der Waals surface area contributed by atoms with Crippen molar-refractivity contribution >= 4 is 16.9 Å². The van der Waals surface area contributed by atoms with Crippen molar-refractivity contribution in [3.05, 3.63) is 76.2 Å². The first-order chi connectivity index (χ1) is 13.5. The van der Waals surface area contributed by atoms with Crippen molar-refractivity contribution < 1.29 is 4.79 Å². The van der Waals surface area contributed by atoms with Gasteiger partial charge in [-0.25, -0.2) is 4.98 Å². The molecular weight excluding hydrogens is 350 g/mol. The lowest BCUT2D eigenvalue weighted by atomic mass is 9.91. The Labute approximate surface area is 164 Å². The molecule has 1 aromatic carbocycles. The summed E-state index contributed by atoms with van der Waals surface area (Å²) in [4.78, 5) is 32.8. The molecule has 3 heterocycles. The van der Waals surface area contributed by atoms with E-state index in [4.69, 9.17) is 0 Å². The van der Waals surface area contributed by atoms with Gasteiger partial charge >= 0.3 is 0 Å². The third-order valence-electron chi connectivity index (χ3n) is 5.42. The summed E-state index contributed by atoms with van der Waals surface area (Å²) in [5.41, 5.74) is 1.57. The Hall–Kier alpha value is -2.95. The third kappa shape index (κ3) is 3.57. The van der Waals surface area contributed by atoms with Crippen molar-refractivity contribution in [2.24, 2.45) is 11.8 Å². The van der Waals surface area contributed by atoms with Crippen LogP contribution in [0.4, 0.5) is 0 Å². The fourth-order valence-electron chi connectivity index (χ4n) is 4.27. The number of carbonyl (C=O) groups is 1. The van der Waals surface area contributed by atoms with Crippen LogP contribution in [0.3, 0.4) is 0 Å². The predicted octanol–water partition coefficient (Wildman–Crippen LogP) is 3.56. The van der Waals surface area contributed by atoms with E-state index in [2.05, 4.69) is 18.8 Å². The van der Waals surface area contributed by atoms with Crippen LogP contribution in [-0.4, -0.2) is 33.4 Å². The van der Waals surface area contributed by atoms with E-state index in [-0.39, 0.29) is 17.0 Å². The van der Waals surface area contributed by atoms with Gasteiger partial charge in [0.25, 0.3) is 11.5 Å². The summed E-state index contributed by atoms with van der Waals surface area (Å²) in [7, 11) is 0. The second-order valence-electron chi connectivity index (χ2n) is 8.01. The molecule has 1 amide bonds. The molecule has 0 unspecified atom stereocenters. The largest absolute Gasteiger partial charge is 0.338 e. The number of piperidine rings is 1. The van der Waals surface area contributed by atoms with Gasteiger partial charge in [0, 0.05) is 24.7 Å². The maximum absolute atomic E-state index is 13.3. The number of amides is 1. The van der Waals surface area contributed by atoms with E-state index < -0.39 is 0 Å². The van der Waals surface area contributed by atoms with Gasteiger partial charge in [0.2, 0.25) is 0 Å². The highest BCUT2D eigenvalue weighted by atomic mass is 16.2. The summed E-state index contributed by atoms with van der Waals surface area (Å²) in [6.07, 6.45) is 2.79. The molecule has 1 aliphatic rings. The van der Waals surface area contributed by atoms with Crippen LogP contribution in [0, 0.1) is 11.8 Å². The zero-order valence-electron chi connectivity index (χ0n) is 16.3. The number of fused-ring (bicyclic) bond motifs is 1. The van der Waals surface area contributed by atoms with Crippen LogP contribution >= 0.6 is 0 Å². The average Bonchev–Trinajstić information content (AvgIpc) is 2.69. The van der Waals surface area contributed by atoms with Crippen LogP contribution in [0.2, 0.25) is 0 Å². The first-order valence-electron chi connectivity index (χ1n) is 9.84. The molecule has 0 aliphatic carbocycles. The maximum atomic E-state index is 13.3. The standard InChI is InChI=1S/C23H25N3O2/c1-16-11-17(2)14-25(13-16)22(27)20-12-19-9-6-10-24-21(19)26(23(20)28)15-18-7-4-3-5-8-18/h3-10,12,16-17H,11,13-15H2,1-2H3/t16-,17+. The maximum Gasteiger partial charge on any atom is 0.265 e. The van der Waals surface area contributed by atoms with Gasteiger partial charge < -0.3 is 4.90 Å². The molecule has 1 saturated heterocycles. The van der Waals surface area contributed by atoms with Gasteiger partial charge in [0.15, 0.2) is 0 Å². The van der Waals surface area contributed by atoms with E-state index in [1.165, 1.54) is 0 Å². The zero-order valence-corrected chi connectivity index (χ0v) is 16.3. The van der Waals surface area contributed by atoms with E-state index in [0.29, 0.717) is 37.1 Å². The highest BCUT2D eigenvalue weighted by Crippen LogP contribution is 2.23. The Morgan fingerprint density at radius 3 is 2.50 bits per heavy atom. The molecule has 0 N–H and O–H groups in total. The van der Waals surface area contributed by atoms with Gasteiger partial charge in [-0.2, -0.15) is 0 Å². The molecule has 1 aliphatic heterocycles. The normalized spacial score (nSPS) is 19.7. The Kier molecular flexibility index (Phi) is 4.99. The molecule has 0 bridgehead atoms. The van der Waals surface area contributed by atoms with Gasteiger partial charge in [-0.3, -0.25) is 14.2 Å². The van der Waals surface area contributed by atoms with Gasteiger partial charge in [-0.1, -0.05) is 44.2 Å². The van der Waals surface area contributed by atoms with Crippen molar-refractivity contribution in [1.82, 2.24) is 14.5 Å². The summed E-state index contributed by atoms with van der Waals surface area (Å²) in [6, 6.07) is 15.2. The fourth-order valence-corrected chi connectivity index (χ4v) is 4.27. The average molecular weight is 375 g/mol. The monoisotopic (exact) mass is 375 g/mol. The van der Waals surface area contributed by atoms with Crippen LogP contribution in [-0.2, 0) is 6.54 Å². The zero-order chi connectivity index (χ0) is 19.7. The molecular formula is C23H25N3O2. The van der Waals surface area contributed by atoms with Gasteiger partial charge in [0.05, 0.1) is 6.54 Å². The minimum absolute atomic E-state index is 0.170. The molecule has 3 aromatic rings. The molecule has 2 aromatic heterocycles. The Morgan fingerprint density at radius 2 is 1.79 bits per heavy atom. The number of rotatable bonds is 3.